The van der Waals surface area contributed by atoms with Crippen LogP contribution in [0.1, 0.15) is 34.7 Å². The molecule has 7 aromatic carbocycles. The van der Waals surface area contributed by atoms with Crippen LogP contribution in [-0.2, 0) is 11.2 Å². The summed E-state index contributed by atoms with van der Waals surface area (Å²) in [6.45, 7) is 1.90. The molecule has 2 heteroatoms. The van der Waals surface area contributed by atoms with Crippen molar-refractivity contribution in [2.75, 3.05) is 0 Å². The average Bonchev–Trinajstić information content (AvgIpc) is 3.32. The minimum Gasteiger partial charge on any atom is -0.381 e. The second kappa shape index (κ2) is 9.50. The molecule has 0 spiro atoms. The van der Waals surface area contributed by atoms with E-state index in [2.05, 4.69) is 54.6 Å². The fraction of sp³-hybridized carbons (Fsp3) is 0.0732. The lowest BCUT2D eigenvalue weighted by Crippen LogP contribution is -2.29. The molecule has 0 amide bonds. The third-order valence-corrected chi connectivity index (χ3v) is 9.24. The number of rotatable bonds is 4. The Balaban J connectivity index is 1.49. The fourth-order valence-electron chi connectivity index (χ4n) is 7.44. The maximum Gasteiger partial charge on any atom is 0.142 e. The van der Waals surface area contributed by atoms with Gasteiger partial charge in [0, 0.05) is 22.3 Å². The van der Waals surface area contributed by atoms with Crippen molar-refractivity contribution in [2.24, 2.45) is 0 Å². The highest BCUT2D eigenvalue weighted by atomic mass is 16.3. The van der Waals surface area contributed by atoms with E-state index in [0.717, 1.165) is 71.6 Å². The molecule has 8 rings (SSSR count). The number of fused-ring (bicyclic) bond motifs is 5. The van der Waals surface area contributed by atoms with Crippen molar-refractivity contribution in [2.45, 2.75) is 18.1 Å². The van der Waals surface area contributed by atoms with Gasteiger partial charge in [0.05, 0.1) is 0 Å². The predicted molar refractivity (Wildman–Crippen MR) is 176 cm³/mol. The van der Waals surface area contributed by atoms with E-state index in [-0.39, 0.29) is 0 Å². The summed E-state index contributed by atoms with van der Waals surface area (Å²) in [5.74, 6) is 0. The Morgan fingerprint density at radius 2 is 0.884 bits per heavy atom. The third kappa shape index (κ3) is 3.61. The van der Waals surface area contributed by atoms with Crippen LogP contribution in [0.4, 0.5) is 0 Å². The van der Waals surface area contributed by atoms with Crippen molar-refractivity contribution >= 4 is 21.5 Å². The standard InChI is InChI=1S/C41H30O2/c1-40(42,35-24-12-9-17-28(35)27-15-3-2-4-16-27)38-31-20-5-7-22-33(31)39(34-23-8-6-21-32(34)38)41(43)36-25-13-10-18-29(36)30-19-11-14-26-37(30)41/h2-26,42-43H,1H3. The SMILES string of the molecule is CC(O)(c1ccccc1-c1ccccc1)c1c2ccccc2c(C2(O)c3ccccc3-c3ccccc32)c2ccccc12. The van der Waals surface area contributed by atoms with Crippen LogP contribution < -0.4 is 0 Å². The normalized spacial score (nSPS) is 14.8. The van der Waals surface area contributed by atoms with Crippen molar-refractivity contribution in [3.8, 4) is 22.3 Å². The second-order valence-electron chi connectivity index (χ2n) is 11.6. The van der Waals surface area contributed by atoms with Gasteiger partial charge in [0.2, 0.25) is 0 Å². The number of benzene rings is 7. The van der Waals surface area contributed by atoms with Crippen molar-refractivity contribution < 1.29 is 10.2 Å². The highest BCUT2D eigenvalue weighted by Gasteiger charge is 2.45. The Morgan fingerprint density at radius 1 is 0.465 bits per heavy atom. The number of aliphatic hydroxyl groups is 2. The highest BCUT2D eigenvalue weighted by molar-refractivity contribution is 6.09. The minimum atomic E-state index is -1.38. The van der Waals surface area contributed by atoms with Gasteiger partial charge in [0.15, 0.2) is 0 Å². The Kier molecular flexibility index (Phi) is 5.67. The molecule has 0 bridgehead atoms. The van der Waals surface area contributed by atoms with Gasteiger partial charge >= 0.3 is 0 Å². The van der Waals surface area contributed by atoms with Crippen LogP contribution in [0.2, 0.25) is 0 Å². The lowest BCUT2D eigenvalue weighted by molar-refractivity contribution is 0.106. The number of hydrogen-bond donors (Lipinski definition) is 2. The van der Waals surface area contributed by atoms with Crippen molar-refractivity contribution in [1.82, 2.24) is 0 Å². The van der Waals surface area contributed by atoms with Crippen LogP contribution in [0.15, 0.2) is 152 Å². The summed E-state index contributed by atoms with van der Waals surface area (Å²) in [5.41, 5.74) is 5.65. The summed E-state index contributed by atoms with van der Waals surface area (Å²) in [5, 5.41) is 29.5. The van der Waals surface area contributed by atoms with Crippen LogP contribution in [-0.4, -0.2) is 10.2 Å². The molecule has 1 aliphatic carbocycles. The first-order valence-electron chi connectivity index (χ1n) is 14.7. The van der Waals surface area contributed by atoms with E-state index in [1.807, 2.05) is 104 Å². The average molecular weight is 555 g/mol. The van der Waals surface area contributed by atoms with Crippen molar-refractivity contribution in [1.29, 1.82) is 0 Å². The molecule has 0 saturated heterocycles. The molecule has 0 heterocycles. The van der Waals surface area contributed by atoms with E-state index in [1.165, 1.54) is 0 Å². The summed E-state index contributed by atoms with van der Waals surface area (Å²) < 4.78 is 0. The first-order chi connectivity index (χ1) is 21.0. The van der Waals surface area contributed by atoms with Gasteiger partial charge in [-0.05, 0) is 56.3 Å². The van der Waals surface area contributed by atoms with Gasteiger partial charge in [0.1, 0.15) is 11.2 Å². The van der Waals surface area contributed by atoms with E-state index >= 15 is 0 Å². The van der Waals surface area contributed by atoms with Gasteiger partial charge in [-0.15, -0.1) is 0 Å². The molecule has 1 unspecified atom stereocenters. The summed E-state index contributed by atoms with van der Waals surface area (Å²) in [6, 6.07) is 51.1. The molecule has 2 N–H and O–H groups in total. The van der Waals surface area contributed by atoms with E-state index in [0.29, 0.717) is 0 Å². The maximum absolute atomic E-state index is 13.1. The summed E-state index contributed by atoms with van der Waals surface area (Å²) in [6.07, 6.45) is 0. The minimum absolute atomic E-state index is 0.828. The van der Waals surface area contributed by atoms with Crippen LogP contribution >= 0.6 is 0 Å². The molecule has 0 saturated carbocycles. The van der Waals surface area contributed by atoms with E-state index in [9.17, 15) is 10.2 Å². The summed E-state index contributed by atoms with van der Waals surface area (Å²) in [7, 11) is 0. The monoisotopic (exact) mass is 554 g/mol. The van der Waals surface area contributed by atoms with Crippen molar-refractivity contribution in [3.63, 3.8) is 0 Å². The molecule has 0 radical (unpaired) electrons. The zero-order chi connectivity index (χ0) is 29.2. The first-order valence-corrected chi connectivity index (χ1v) is 14.7. The largest absolute Gasteiger partial charge is 0.381 e. The molecule has 1 atom stereocenters. The fourth-order valence-corrected chi connectivity index (χ4v) is 7.44. The van der Waals surface area contributed by atoms with Crippen LogP contribution in [0, 0.1) is 0 Å². The maximum atomic E-state index is 13.1. The van der Waals surface area contributed by atoms with Gasteiger partial charge in [0.25, 0.3) is 0 Å². The Hall–Kier alpha value is -5.02. The zero-order valence-electron chi connectivity index (χ0n) is 23.8. The lowest BCUT2D eigenvalue weighted by atomic mass is 9.74. The van der Waals surface area contributed by atoms with Gasteiger partial charge in [-0.1, -0.05) is 152 Å². The number of hydrogen-bond acceptors (Lipinski definition) is 2. The third-order valence-electron chi connectivity index (χ3n) is 9.24. The molecule has 43 heavy (non-hydrogen) atoms. The van der Waals surface area contributed by atoms with Gasteiger partial charge < -0.3 is 10.2 Å². The second-order valence-corrected chi connectivity index (χ2v) is 11.6. The smallest absolute Gasteiger partial charge is 0.142 e. The van der Waals surface area contributed by atoms with Gasteiger partial charge in [-0.3, -0.25) is 0 Å². The molecule has 1 aliphatic rings. The zero-order valence-corrected chi connectivity index (χ0v) is 23.8. The molecule has 0 aliphatic heterocycles. The molecule has 206 valence electrons. The van der Waals surface area contributed by atoms with Crippen LogP contribution in [0.5, 0.6) is 0 Å². The van der Waals surface area contributed by atoms with Gasteiger partial charge in [-0.2, -0.15) is 0 Å². The van der Waals surface area contributed by atoms with Crippen molar-refractivity contribution in [3.05, 3.63) is 179 Å². The lowest BCUT2D eigenvalue weighted by Gasteiger charge is -2.34. The molecular formula is C41H30O2. The highest BCUT2D eigenvalue weighted by Crippen LogP contribution is 2.55. The van der Waals surface area contributed by atoms with E-state index in [1.54, 1.807) is 0 Å². The van der Waals surface area contributed by atoms with Crippen LogP contribution in [0.25, 0.3) is 43.8 Å². The molecule has 2 nitrogen and oxygen atoms in total. The molecule has 0 fully saturated rings. The first kappa shape index (κ1) is 25.7. The summed E-state index contributed by atoms with van der Waals surface area (Å²) >= 11 is 0. The Morgan fingerprint density at radius 3 is 1.44 bits per heavy atom. The van der Waals surface area contributed by atoms with E-state index < -0.39 is 11.2 Å². The Bertz CT molecular complexity index is 2070. The van der Waals surface area contributed by atoms with Crippen LogP contribution in [0.3, 0.4) is 0 Å². The summed E-state index contributed by atoms with van der Waals surface area (Å²) in [4.78, 5) is 0. The van der Waals surface area contributed by atoms with E-state index in [4.69, 9.17) is 0 Å². The Labute approximate surface area is 251 Å². The molecular weight excluding hydrogens is 524 g/mol. The topological polar surface area (TPSA) is 40.5 Å². The predicted octanol–water partition coefficient (Wildman–Crippen LogP) is 9.18. The molecule has 7 aromatic rings. The quantitative estimate of drug-likeness (QED) is 0.213. The molecule has 0 aromatic heterocycles. The van der Waals surface area contributed by atoms with Gasteiger partial charge in [-0.25, -0.2) is 0 Å².